The number of hydrogen-bond donors (Lipinski definition) is 1. The fraction of sp³-hybridized carbons (Fsp3) is 0.357. The second-order valence-corrected chi connectivity index (χ2v) is 4.36. The van der Waals surface area contributed by atoms with E-state index >= 15 is 0 Å². The highest BCUT2D eigenvalue weighted by molar-refractivity contribution is 5.21. The van der Waals surface area contributed by atoms with Gasteiger partial charge in [0.1, 0.15) is 11.6 Å². The first-order chi connectivity index (χ1) is 8.72. The molecule has 0 saturated heterocycles. The minimum Gasteiger partial charge on any atom is -0.338 e. The minimum absolute atomic E-state index is 0.0166. The standard InChI is InChI=1S/C14H18FN3/c1-16-13(11-5-3-4-6-12(11)15)7-8-14-17-9-10-18(14)2/h3-6,9-10,13,16H,7-8H2,1-2H3. The zero-order chi connectivity index (χ0) is 13.0. The van der Waals surface area contributed by atoms with E-state index < -0.39 is 0 Å². The largest absolute Gasteiger partial charge is 0.338 e. The highest BCUT2D eigenvalue weighted by Crippen LogP contribution is 2.21. The molecular formula is C14H18FN3. The molecule has 1 atom stereocenters. The lowest BCUT2D eigenvalue weighted by molar-refractivity contribution is 0.501. The number of aryl methyl sites for hydroxylation is 2. The number of benzene rings is 1. The number of aromatic nitrogens is 2. The van der Waals surface area contributed by atoms with Crippen LogP contribution < -0.4 is 5.32 Å². The molecule has 4 heteroatoms. The van der Waals surface area contributed by atoms with Crippen LogP contribution in [-0.4, -0.2) is 16.6 Å². The smallest absolute Gasteiger partial charge is 0.127 e. The van der Waals surface area contributed by atoms with Crippen LogP contribution in [0.1, 0.15) is 23.9 Å². The third-order valence-corrected chi connectivity index (χ3v) is 3.21. The Morgan fingerprint density at radius 3 is 2.78 bits per heavy atom. The molecule has 0 aliphatic rings. The molecule has 0 saturated carbocycles. The summed E-state index contributed by atoms with van der Waals surface area (Å²) in [6, 6.07) is 6.92. The Morgan fingerprint density at radius 1 is 1.39 bits per heavy atom. The molecule has 0 aliphatic heterocycles. The second-order valence-electron chi connectivity index (χ2n) is 4.36. The Hall–Kier alpha value is -1.68. The van der Waals surface area contributed by atoms with Crippen LogP contribution in [0.4, 0.5) is 4.39 Å². The molecule has 0 spiro atoms. The Morgan fingerprint density at radius 2 is 2.17 bits per heavy atom. The first-order valence-electron chi connectivity index (χ1n) is 6.10. The van der Waals surface area contributed by atoms with E-state index in [0.717, 1.165) is 18.7 Å². The Labute approximate surface area is 107 Å². The summed E-state index contributed by atoms with van der Waals surface area (Å²) in [5.41, 5.74) is 0.717. The number of rotatable bonds is 5. The van der Waals surface area contributed by atoms with Crippen molar-refractivity contribution < 1.29 is 4.39 Å². The first-order valence-corrected chi connectivity index (χ1v) is 6.10. The number of halogens is 1. The lowest BCUT2D eigenvalue weighted by Gasteiger charge is -2.17. The third kappa shape index (κ3) is 2.76. The van der Waals surface area contributed by atoms with E-state index in [4.69, 9.17) is 0 Å². The Kier molecular flexibility index (Phi) is 4.10. The van der Waals surface area contributed by atoms with Gasteiger partial charge in [0.2, 0.25) is 0 Å². The van der Waals surface area contributed by atoms with E-state index in [1.54, 1.807) is 12.3 Å². The normalized spacial score (nSPS) is 12.6. The van der Waals surface area contributed by atoms with Crippen LogP contribution in [0.2, 0.25) is 0 Å². The predicted octanol–water partition coefficient (Wildman–Crippen LogP) is 2.45. The zero-order valence-corrected chi connectivity index (χ0v) is 10.7. The van der Waals surface area contributed by atoms with Crippen molar-refractivity contribution >= 4 is 0 Å². The van der Waals surface area contributed by atoms with E-state index in [0.29, 0.717) is 5.56 Å². The van der Waals surface area contributed by atoms with Crippen molar-refractivity contribution in [3.63, 3.8) is 0 Å². The maximum atomic E-state index is 13.7. The van der Waals surface area contributed by atoms with Gasteiger partial charge in [0.05, 0.1) is 0 Å². The number of nitrogens with one attached hydrogen (secondary N) is 1. The SMILES string of the molecule is CNC(CCc1nccn1C)c1ccccc1F. The van der Waals surface area contributed by atoms with E-state index in [1.807, 2.05) is 37.0 Å². The highest BCUT2D eigenvalue weighted by atomic mass is 19.1. The molecule has 3 nitrogen and oxygen atoms in total. The van der Waals surface area contributed by atoms with Gasteiger partial charge in [-0.25, -0.2) is 9.37 Å². The monoisotopic (exact) mass is 247 g/mol. The van der Waals surface area contributed by atoms with Crippen molar-refractivity contribution in [1.82, 2.24) is 14.9 Å². The second kappa shape index (κ2) is 5.78. The van der Waals surface area contributed by atoms with Gasteiger partial charge in [0, 0.05) is 37.5 Å². The quantitative estimate of drug-likeness (QED) is 0.879. The molecule has 0 aliphatic carbocycles. The average molecular weight is 247 g/mol. The van der Waals surface area contributed by atoms with Crippen molar-refractivity contribution in [3.05, 3.63) is 53.9 Å². The number of nitrogens with zero attached hydrogens (tertiary/aromatic N) is 2. The van der Waals surface area contributed by atoms with Crippen molar-refractivity contribution in [3.8, 4) is 0 Å². The Balaban J connectivity index is 2.07. The van der Waals surface area contributed by atoms with Gasteiger partial charge in [-0.1, -0.05) is 18.2 Å². The van der Waals surface area contributed by atoms with Gasteiger partial charge in [-0.3, -0.25) is 0 Å². The summed E-state index contributed by atoms with van der Waals surface area (Å²) in [4.78, 5) is 4.28. The molecule has 96 valence electrons. The van der Waals surface area contributed by atoms with Gasteiger partial charge in [-0.2, -0.15) is 0 Å². The van der Waals surface area contributed by atoms with E-state index in [9.17, 15) is 4.39 Å². The van der Waals surface area contributed by atoms with Crippen molar-refractivity contribution in [2.24, 2.45) is 7.05 Å². The molecule has 0 radical (unpaired) electrons. The van der Waals surface area contributed by atoms with Crippen molar-refractivity contribution in [2.75, 3.05) is 7.05 Å². The number of hydrogen-bond acceptors (Lipinski definition) is 2. The molecule has 0 fully saturated rings. The molecular weight excluding hydrogens is 229 g/mol. The highest BCUT2D eigenvalue weighted by Gasteiger charge is 2.14. The van der Waals surface area contributed by atoms with E-state index in [2.05, 4.69) is 10.3 Å². The van der Waals surface area contributed by atoms with Gasteiger partial charge in [-0.05, 0) is 19.5 Å². The molecule has 0 bridgehead atoms. The molecule has 1 heterocycles. The molecule has 0 amide bonds. The Bertz CT molecular complexity index is 507. The van der Waals surface area contributed by atoms with Crippen LogP contribution in [-0.2, 0) is 13.5 Å². The first kappa shape index (κ1) is 12.8. The topological polar surface area (TPSA) is 29.9 Å². The molecule has 1 unspecified atom stereocenters. The van der Waals surface area contributed by atoms with E-state index in [-0.39, 0.29) is 11.9 Å². The van der Waals surface area contributed by atoms with Crippen LogP contribution in [0, 0.1) is 5.82 Å². The van der Waals surface area contributed by atoms with Crippen molar-refractivity contribution in [1.29, 1.82) is 0 Å². The van der Waals surface area contributed by atoms with Crippen LogP contribution >= 0.6 is 0 Å². The van der Waals surface area contributed by atoms with Gasteiger partial charge < -0.3 is 9.88 Å². The summed E-state index contributed by atoms with van der Waals surface area (Å²) in [5, 5.41) is 3.16. The fourth-order valence-corrected chi connectivity index (χ4v) is 2.12. The van der Waals surface area contributed by atoms with Gasteiger partial charge in [0.25, 0.3) is 0 Å². The summed E-state index contributed by atoms with van der Waals surface area (Å²) in [6.07, 6.45) is 5.35. The molecule has 2 aromatic rings. The van der Waals surface area contributed by atoms with Crippen LogP contribution in [0.25, 0.3) is 0 Å². The summed E-state index contributed by atoms with van der Waals surface area (Å²) < 4.78 is 15.7. The number of imidazole rings is 1. The molecule has 1 N–H and O–H groups in total. The van der Waals surface area contributed by atoms with Gasteiger partial charge >= 0.3 is 0 Å². The molecule has 2 rings (SSSR count). The summed E-state index contributed by atoms with van der Waals surface area (Å²) in [6.45, 7) is 0. The maximum Gasteiger partial charge on any atom is 0.127 e. The summed E-state index contributed by atoms with van der Waals surface area (Å²) in [5.74, 6) is 0.864. The zero-order valence-electron chi connectivity index (χ0n) is 10.7. The van der Waals surface area contributed by atoms with Crippen molar-refractivity contribution in [2.45, 2.75) is 18.9 Å². The lowest BCUT2D eigenvalue weighted by atomic mass is 10.0. The van der Waals surface area contributed by atoms with E-state index in [1.165, 1.54) is 6.07 Å². The van der Waals surface area contributed by atoms with Crippen LogP contribution in [0.5, 0.6) is 0 Å². The molecule has 1 aromatic carbocycles. The molecule has 1 aromatic heterocycles. The molecule has 18 heavy (non-hydrogen) atoms. The van der Waals surface area contributed by atoms with Gasteiger partial charge in [0.15, 0.2) is 0 Å². The minimum atomic E-state index is -0.156. The summed E-state index contributed by atoms with van der Waals surface area (Å²) in [7, 11) is 3.83. The summed E-state index contributed by atoms with van der Waals surface area (Å²) >= 11 is 0. The van der Waals surface area contributed by atoms with Gasteiger partial charge in [-0.15, -0.1) is 0 Å². The van der Waals surface area contributed by atoms with Crippen LogP contribution in [0.15, 0.2) is 36.7 Å². The fourth-order valence-electron chi connectivity index (χ4n) is 2.12. The lowest BCUT2D eigenvalue weighted by Crippen LogP contribution is -2.19. The predicted molar refractivity (Wildman–Crippen MR) is 69.7 cm³/mol. The third-order valence-electron chi connectivity index (χ3n) is 3.21. The average Bonchev–Trinajstić information content (AvgIpc) is 2.78. The maximum absolute atomic E-state index is 13.7. The van der Waals surface area contributed by atoms with Crippen LogP contribution in [0.3, 0.4) is 0 Å².